The lowest BCUT2D eigenvalue weighted by Gasteiger charge is -2.15. The summed E-state index contributed by atoms with van der Waals surface area (Å²) in [5.74, 6) is 0.620. The molecule has 3 heteroatoms. The summed E-state index contributed by atoms with van der Waals surface area (Å²) >= 11 is 0. The SMILES string of the molecule is C=C/C=C\C1=CC(C)CCS1(=O)=O. The van der Waals surface area contributed by atoms with Crippen molar-refractivity contribution in [2.24, 2.45) is 5.92 Å². The molecule has 13 heavy (non-hydrogen) atoms. The first kappa shape index (κ1) is 10.3. The zero-order chi connectivity index (χ0) is 9.90. The second-order valence-corrected chi connectivity index (χ2v) is 5.36. The van der Waals surface area contributed by atoms with Gasteiger partial charge < -0.3 is 0 Å². The van der Waals surface area contributed by atoms with Gasteiger partial charge in [-0.05, 0) is 18.4 Å². The summed E-state index contributed by atoms with van der Waals surface area (Å²) in [6.07, 6.45) is 7.38. The van der Waals surface area contributed by atoms with Gasteiger partial charge in [-0.3, -0.25) is 0 Å². The summed E-state index contributed by atoms with van der Waals surface area (Å²) in [6.45, 7) is 5.53. The molecule has 0 N–H and O–H groups in total. The van der Waals surface area contributed by atoms with E-state index in [-0.39, 0.29) is 5.75 Å². The summed E-state index contributed by atoms with van der Waals surface area (Å²) in [5.41, 5.74) is 0. The van der Waals surface area contributed by atoms with E-state index in [1.54, 1.807) is 24.3 Å². The van der Waals surface area contributed by atoms with E-state index in [2.05, 4.69) is 6.58 Å². The molecule has 0 aliphatic carbocycles. The van der Waals surface area contributed by atoms with Crippen molar-refractivity contribution in [1.82, 2.24) is 0 Å². The molecule has 0 bridgehead atoms. The number of hydrogen-bond acceptors (Lipinski definition) is 2. The van der Waals surface area contributed by atoms with Gasteiger partial charge in [-0.15, -0.1) is 0 Å². The summed E-state index contributed by atoms with van der Waals surface area (Å²) < 4.78 is 23.0. The van der Waals surface area contributed by atoms with Gasteiger partial charge >= 0.3 is 0 Å². The molecule has 1 aliphatic rings. The van der Waals surface area contributed by atoms with Crippen molar-refractivity contribution in [2.45, 2.75) is 13.3 Å². The standard InChI is InChI=1S/C10H14O2S/c1-3-4-5-10-8-9(2)6-7-13(10,11)12/h3-5,8-9H,1,6-7H2,2H3/b5-4-. The topological polar surface area (TPSA) is 34.1 Å². The van der Waals surface area contributed by atoms with E-state index in [0.29, 0.717) is 10.8 Å². The van der Waals surface area contributed by atoms with E-state index in [1.807, 2.05) is 6.92 Å². The van der Waals surface area contributed by atoms with Crippen molar-refractivity contribution in [3.05, 3.63) is 35.8 Å². The molecule has 1 aliphatic heterocycles. The fourth-order valence-corrected chi connectivity index (χ4v) is 2.89. The average Bonchev–Trinajstić information content (AvgIpc) is 2.07. The van der Waals surface area contributed by atoms with Gasteiger partial charge in [0.05, 0.1) is 10.7 Å². The predicted molar refractivity (Wildman–Crippen MR) is 55.0 cm³/mol. The molecule has 0 aromatic rings. The average molecular weight is 198 g/mol. The monoisotopic (exact) mass is 198 g/mol. The molecule has 0 amide bonds. The van der Waals surface area contributed by atoms with Crippen LogP contribution in [0, 0.1) is 5.92 Å². The molecule has 1 heterocycles. The molecule has 0 saturated heterocycles. The lowest BCUT2D eigenvalue weighted by atomic mass is 10.1. The van der Waals surface area contributed by atoms with Gasteiger partial charge in [0.25, 0.3) is 0 Å². The fourth-order valence-electron chi connectivity index (χ4n) is 1.25. The molecule has 0 saturated carbocycles. The Labute approximate surface area is 79.6 Å². The minimum Gasteiger partial charge on any atom is -0.224 e. The van der Waals surface area contributed by atoms with Crippen LogP contribution in [0.1, 0.15) is 13.3 Å². The van der Waals surface area contributed by atoms with Crippen molar-refractivity contribution in [3.63, 3.8) is 0 Å². The normalized spacial score (nSPS) is 27.2. The Balaban J connectivity index is 3.01. The van der Waals surface area contributed by atoms with Gasteiger partial charge in [-0.2, -0.15) is 0 Å². The van der Waals surface area contributed by atoms with Gasteiger partial charge in [0.2, 0.25) is 0 Å². The highest BCUT2D eigenvalue weighted by Crippen LogP contribution is 2.22. The summed E-state index contributed by atoms with van der Waals surface area (Å²) in [6, 6.07) is 0. The molecule has 0 radical (unpaired) electrons. The molecule has 1 rings (SSSR count). The Morgan fingerprint density at radius 1 is 1.62 bits per heavy atom. The first-order valence-corrected chi connectivity index (χ1v) is 5.95. The van der Waals surface area contributed by atoms with Crippen LogP contribution in [0.3, 0.4) is 0 Å². The van der Waals surface area contributed by atoms with E-state index in [1.165, 1.54) is 0 Å². The first-order valence-electron chi connectivity index (χ1n) is 4.30. The summed E-state index contributed by atoms with van der Waals surface area (Å²) in [4.78, 5) is 0.436. The zero-order valence-corrected chi connectivity index (χ0v) is 8.55. The first-order chi connectivity index (χ1) is 6.06. The molecule has 0 aromatic heterocycles. The Bertz CT molecular complexity index is 347. The summed E-state index contributed by atoms with van der Waals surface area (Å²) in [5, 5.41) is 0. The highest BCUT2D eigenvalue weighted by Gasteiger charge is 2.21. The predicted octanol–water partition coefficient (Wildman–Crippen LogP) is 2.07. The summed E-state index contributed by atoms with van der Waals surface area (Å²) in [7, 11) is -3.00. The van der Waals surface area contributed by atoms with E-state index in [9.17, 15) is 8.42 Å². The third-order valence-electron chi connectivity index (χ3n) is 2.05. The van der Waals surface area contributed by atoms with Crippen molar-refractivity contribution in [1.29, 1.82) is 0 Å². The van der Waals surface area contributed by atoms with E-state index in [0.717, 1.165) is 6.42 Å². The van der Waals surface area contributed by atoms with Crippen LogP contribution in [0.4, 0.5) is 0 Å². The maximum Gasteiger partial charge on any atom is 0.178 e. The smallest absolute Gasteiger partial charge is 0.178 e. The molecular formula is C10H14O2S. The van der Waals surface area contributed by atoms with Crippen molar-refractivity contribution < 1.29 is 8.42 Å². The lowest BCUT2D eigenvalue weighted by Crippen LogP contribution is -2.16. The van der Waals surface area contributed by atoms with Crippen LogP contribution < -0.4 is 0 Å². The van der Waals surface area contributed by atoms with Gasteiger partial charge in [0, 0.05) is 0 Å². The van der Waals surface area contributed by atoms with Crippen LogP contribution in [-0.4, -0.2) is 14.2 Å². The maximum absolute atomic E-state index is 11.5. The Kier molecular flexibility index (Phi) is 3.09. The highest BCUT2D eigenvalue weighted by molar-refractivity contribution is 7.95. The van der Waals surface area contributed by atoms with Crippen LogP contribution in [0.25, 0.3) is 0 Å². The minimum absolute atomic E-state index is 0.265. The Morgan fingerprint density at radius 2 is 2.31 bits per heavy atom. The molecule has 1 unspecified atom stereocenters. The third kappa shape index (κ3) is 2.56. The van der Waals surface area contributed by atoms with E-state index < -0.39 is 9.84 Å². The molecule has 0 spiro atoms. The van der Waals surface area contributed by atoms with Gasteiger partial charge in [-0.25, -0.2) is 8.42 Å². The maximum atomic E-state index is 11.5. The number of sulfone groups is 1. The molecule has 0 aromatic carbocycles. The van der Waals surface area contributed by atoms with Crippen LogP contribution in [0.15, 0.2) is 35.8 Å². The number of hydrogen-bond donors (Lipinski definition) is 0. The third-order valence-corrected chi connectivity index (χ3v) is 3.81. The van der Waals surface area contributed by atoms with Crippen LogP contribution in [0.5, 0.6) is 0 Å². The quantitative estimate of drug-likeness (QED) is 0.636. The van der Waals surface area contributed by atoms with Gasteiger partial charge in [0.1, 0.15) is 0 Å². The Hall–Kier alpha value is -0.830. The van der Waals surface area contributed by atoms with Crippen LogP contribution in [0.2, 0.25) is 0 Å². The second kappa shape index (κ2) is 3.92. The zero-order valence-electron chi connectivity index (χ0n) is 7.73. The van der Waals surface area contributed by atoms with Gasteiger partial charge in [0.15, 0.2) is 9.84 Å². The van der Waals surface area contributed by atoms with Crippen molar-refractivity contribution >= 4 is 9.84 Å². The number of allylic oxidation sites excluding steroid dienone is 4. The molecule has 72 valence electrons. The van der Waals surface area contributed by atoms with Crippen molar-refractivity contribution in [3.8, 4) is 0 Å². The molecule has 2 nitrogen and oxygen atoms in total. The lowest BCUT2D eigenvalue weighted by molar-refractivity contribution is 0.584. The van der Waals surface area contributed by atoms with E-state index >= 15 is 0 Å². The molecule has 1 atom stereocenters. The second-order valence-electron chi connectivity index (χ2n) is 3.25. The van der Waals surface area contributed by atoms with Gasteiger partial charge in [-0.1, -0.05) is 31.7 Å². The van der Waals surface area contributed by atoms with Crippen molar-refractivity contribution in [2.75, 3.05) is 5.75 Å². The minimum atomic E-state index is -3.00. The Morgan fingerprint density at radius 3 is 2.92 bits per heavy atom. The van der Waals surface area contributed by atoms with E-state index in [4.69, 9.17) is 0 Å². The van der Waals surface area contributed by atoms with Crippen LogP contribution in [-0.2, 0) is 9.84 Å². The molecule has 0 fully saturated rings. The largest absolute Gasteiger partial charge is 0.224 e. The number of rotatable bonds is 2. The highest BCUT2D eigenvalue weighted by atomic mass is 32.2. The molecular weight excluding hydrogens is 184 g/mol. The van der Waals surface area contributed by atoms with Crippen LogP contribution >= 0.6 is 0 Å². The fraction of sp³-hybridized carbons (Fsp3) is 0.400.